The van der Waals surface area contributed by atoms with Gasteiger partial charge in [-0.2, -0.15) is 0 Å². The average Bonchev–Trinajstić information content (AvgIpc) is 2.66. The fraction of sp³-hybridized carbons (Fsp3) is 0.667. The Labute approximate surface area is 180 Å². The number of carbonyl (C=O) groups excluding carboxylic acids is 1. The van der Waals surface area contributed by atoms with E-state index in [0.29, 0.717) is 24.3 Å². The van der Waals surface area contributed by atoms with Gasteiger partial charge in [0, 0.05) is 37.5 Å². The van der Waals surface area contributed by atoms with Gasteiger partial charge < -0.3 is 9.64 Å². The minimum Gasteiger partial charge on any atom is -0.479 e. The number of carbonyl (C=O) groups is 1. The highest BCUT2D eigenvalue weighted by atomic mass is 32.2. The molecule has 0 bridgehead atoms. The van der Waals surface area contributed by atoms with E-state index in [-0.39, 0.29) is 30.1 Å². The van der Waals surface area contributed by atoms with Crippen molar-refractivity contribution in [3.8, 4) is 5.75 Å². The Morgan fingerprint density at radius 3 is 2.13 bits per heavy atom. The van der Waals surface area contributed by atoms with E-state index in [0.717, 1.165) is 25.6 Å². The van der Waals surface area contributed by atoms with Crippen molar-refractivity contribution in [2.45, 2.75) is 44.6 Å². The van der Waals surface area contributed by atoms with E-state index in [9.17, 15) is 21.6 Å². The number of hydrogen-bond acceptors (Lipinski definition) is 7. The zero-order valence-electron chi connectivity index (χ0n) is 18.3. The van der Waals surface area contributed by atoms with Gasteiger partial charge in [0.1, 0.15) is 25.4 Å². The molecule has 0 saturated carbocycles. The van der Waals surface area contributed by atoms with Crippen LogP contribution in [-0.2, 0) is 24.5 Å². The lowest BCUT2D eigenvalue weighted by atomic mass is 9.76. The van der Waals surface area contributed by atoms with Crippen LogP contribution in [0.3, 0.4) is 0 Å². The van der Waals surface area contributed by atoms with E-state index < -0.39 is 31.2 Å². The van der Waals surface area contributed by atoms with Crippen LogP contribution in [0.2, 0.25) is 0 Å². The molecule has 1 aromatic rings. The molecule has 1 aliphatic rings. The molecule has 1 heterocycles. The van der Waals surface area contributed by atoms with Crippen LogP contribution in [0.1, 0.15) is 44.6 Å². The lowest BCUT2D eigenvalue weighted by molar-refractivity contribution is -0.139. The average molecular weight is 460 g/mol. The minimum atomic E-state index is -3.31. The summed E-state index contributed by atoms with van der Waals surface area (Å²) in [6.07, 6.45) is 2.86. The van der Waals surface area contributed by atoms with Crippen LogP contribution in [0.4, 0.5) is 0 Å². The van der Waals surface area contributed by atoms with Crippen LogP contribution in [0.25, 0.3) is 0 Å². The van der Waals surface area contributed by atoms with E-state index in [4.69, 9.17) is 4.74 Å². The van der Waals surface area contributed by atoms with Crippen molar-refractivity contribution >= 4 is 25.5 Å². The van der Waals surface area contributed by atoms with Crippen molar-refractivity contribution in [2.24, 2.45) is 0 Å². The second-order valence-corrected chi connectivity index (χ2v) is 12.6. The first kappa shape index (κ1) is 24.8. The summed E-state index contributed by atoms with van der Waals surface area (Å²) in [6.45, 7) is 6.26. The standard InChI is InChI=1S/C21H33NO6S2/c1-5-22(6-2)14-12-21(13-16-30(4,26)27)20(23)18(11-15-29(3,24)25)17-9-7-8-10-19(17)28-21/h7-10,18H,5-6,11-16H2,1-4H3. The minimum absolute atomic E-state index is 0.0512. The Morgan fingerprint density at radius 1 is 0.967 bits per heavy atom. The number of hydrogen-bond donors (Lipinski definition) is 0. The van der Waals surface area contributed by atoms with Crippen LogP contribution in [0.15, 0.2) is 24.3 Å². The zero-order valence-corrected chi connectivity index (χ0v) is 19.9. The van der Waals surface area contributed by atoms with Gasteiger partial charge in [0.05, 0.1) is 17.4 Å². The van der Waals surface area contributed by atoms with E-state index in [1.807, 2.05) is 13.8 Å². The van der Waals surface area contributed by atoms with E-state index in [2.05, 4.69) is 4.90 Å². The Kier molecular flexibility index (Phi) is 8.09. The summed E-state index contributed by atoms with van der Waals surface area (Å²) in [6, 6.07) is 7.14. The number of ketones is 1. The quantitative estimate of drug-likeness (QED) is 0.500. The molecule has 0 spiro atoms. The Morgan fingerprint density at radius 2 is 1.57 bits per heavy atom. The molecule has 0 aliphatic carbocycles. The lowest BCUT2D eigenvalue weighted by Gasteiger charge is -2.42. The summed E-state index contributed by atoms with van der Waals surface area (Å²) >= 11 is 0. The second-order valence-electron chi connectivity index (χ2n) is 8.13. The molecule has 0 aromatic heterocycles. The summed E-state index contributed by atoms with van der Waals surface area (Å²) in [4.78, 5) is 15.9. The first-order valence-corrected chi connectivity index (χ1v) is 14.4. The van der Waals surface area contributed by atoms with Crippen molar-refractivity contribution in [3.05, 3.63) is 29.8 Å². The van der Waals surface area contributed by atoms with Crippen molar-refractivity contribution in [1.82, 2.24) is 4.90 Å². The van der Waals surface area contributed by atoms with Gasteiger partial charge in [-0.3, -0.25) is 4.79 Å². The molecule has 170 valence electrons. The molecule has 2 atom stereocenters. The smallest absolute Gasteiger partial charge is 0.184 e. The summed E-state index contributed by atoms with van der Waals surface area (Å²) in [5.41, 5.74) is -0.619. The van der Waals surface area contributed by atoms with E-state index in [1.165, 1.54) is 0 Å². The number of benzene rings is 1. The molecule has 0 fully saturated rings. The van der Waals surface area contributed by atoms with Crippen LogP contribution in [0, 0.1) is 0 Å². The van der Waals surface area contributed by atoms with Gasteiger partial charge in [0.2, 0.25) is 0 Å². The Balaban J connectivity index is 2.46. The van der Waals surface area contributed by atoms with Crippen molar-refractivity contribution in [1.29, 1.82) is 0 Å². The van der Waals surface area contributed by atoms with Gasteiger partial charge >= 0.3 is 0 Å². The molecule has 0 radical (unpaired) electrons. The van der Waals surface area contributed by atoms with Gasteiger partial charge in [-0.25, -0.2) is 16.8 Å². The van der Waals surface area contributed by atoms with E-state index in [1.54, 1.807) is 24.3 Å². The molecule has 0 amide bonds. The molecular formula is C21H33NO6S2. The Bertz CT molecular complexity index is 953. The molecule has 0 N–H and O–H groups in total. The van der Waals surface area contributed by atoms with Gasteiger partial charge in [-0.1, -0.05) is 32.0 Å². The SMILES string of the molecule is CCN(CC)CCC1(CCS(C)(=O)=O)Oc2ccccc2C(CCS(C)(=O)=O)C1=O. The number of nitrogens with zero attached hydrogens (tertiary/aromatic N) is 1. The predicted molar refractivity (Wildman–Crippen MR) is 119 cm³/mol. The zero-order chi connectivity index (χ0) is 22.6. The van der Waals surface area contributed by atoms with Crippen LogP contribution in [-0.4, -0.2) is 76.8 Å². The number of fused-ring (bicyclic) bond motifs is 1. The van der Waals surface area contributed by atoms with Crippen LogP contribution < -0.4 is 4.74 Å². The summed E-state index contributed by atoms with van der Waals surface area (Å²) in [5.74, 6) is -0.612. The number of sulfone groups is 2. The molecule has 1 aliphatic heterocycles. The number of rotatable bonds is 11. The normalized spacial score (nSPS) is 22.0. The largest absolute Gasteiger partial charge is 0.479 e. The fourth-order valence-corrected chi connectivity index (χ4v) is 5.27. The van der Waals surface area contributed by atoms with Crippen molar-refractivity contribution in [2.75, 3.05) is 43.7 Å². The summed E-state index contributed by atoms with van der Waals surface area (Å²) in [5, 5.41) is 0. The predicted octanol–water partition coefficient (Wildman–Crippen LogP) is 2.07. The first-order chi connectivity index (χ1) is 13.9. The summed E-state index contributed by atoms with van der Waals surface area (Å²) < 4.78 is 53.6. The van der Waals surface area contributed by atoms with Gasteiger partial charge in [0.15, 0.2) is 11.4 Å². The maximum absolute atomic E-state index is 13.7. The number of Topliss-reactive ketones (excluding diaryl/α,β-unsaturated/α-hetero) is 1. The van der Waals surface area contributed by atoms with Gasteiger partial charge in [-0.05, 0) is 25.6 Å². The van der Waals surface area contributed by atoms with Gasteiger partial charge in [-0.15, -0.1) is 0 Å². The van der Waals surface area contributed by atoms with Crippen molar-refractivity contribution < 1.29 is 26.4 Å². The highest BCUT2D eigenvalue weighted by Gasteiger charge is 2.49. The molecular weight excluding hydrogens is 426 g/mol. The third kappa shape index (κ3) is 6.52. The molecule has 30 heavy (non-hydrogen) atoms. The van der Waals surface area contributed by atoms with E-state index >= 15 is 0 Å². The number of ether oxygens (including phenoxy) is 1. The molecule has 2 unspecified atom stereocenters. The van der Waals surface area contributed by atoms with Crippen molar-refractivity contribution in [3.63, 3.8) is 0 Å². The van der Waals surface area contributed by atoms with Crippen LogP contribution in [0.5, 0.6) is 5.75 Å². The highest BCUT2D eigenvalue weighted by Crippen LogP contribution is 2.43. The lowest BCUT2D eigenvalue weighted by Crippen LogP contribution is -2.53. The molecule has 2 rings (SSSR count). The topological polar surface area (TPSA) is 97.8 Å². The first-order valence-electron chi connectivity index (χ1n) is 10.3. The second kappa shape index (κ2) is 9.78. The third-order valence-corrected chi connectivity index (χ3v) is 7.67. The molecule has 0 saturated heterocycles. The third-order valence-electron chi connectivity index (χ3n) is 5.75. The summed E-state index contributed by atoms with van der Waals surface area (Å²) in [7, 11) is -6.56. The number of para-hydroxylation sites is 1. The maximum atomic E-state index is 13.7. The fourth-order valence-electron chi connectivity index (χ4n) is 3.90. The molecule has 1 aromatic carbocycles. The Hall–Kier alpha value is -1.45. The highest BCUT2D eigenvalue weighted by molar-refractivity contribution is 7.90. The van der Waals surface area contributed by atoms with Crippen LogP contribution >= 0.6 is 0 Å². The molecule has 9 heteroatoms. The maximum Gasteiger partial charge on any atom is 0.184 e. The molecule has 7 nitrogen and oxygen atoms in total. The van der Waals surface area contributed by atoms with Gasteiger partial charge in [0.25, 0.3) is 0 Å². The monoisotopic (exact) mass is 459 g/mol.